The Balaban J connectivity index is 2.91. The Bertz CT molecular complexity index is 763. The molecule has 0 saturated heterocycles. The van der Waals surface area contributed by atoms with Gasteiger partial charge in [-0.15, -0.1) is 0 Å². The summed E-state index contributed by atoms with van der Waals surface area (Å²) in [5.41, 5.74) is 3.14. The third-order valence-electron chi connectivity index (χ3n) is 4.41. The lowest BCUT2D eigenvalue weighted by Crippen LogP contribution is -2.13. The molecule has 2 aromatic rings. The van der Waals surface area contributed by atoms with Gasteiger partial charge in [0, 0.05) is 23.2 Å². The van der Waals surface area contributed by atoms with E-state index < -0.39 is 5.97 Å². The van der Waals surface area contributed by atoms with Gasteiger partial charge in [0.15, 0.2) is 6.29 Å². The van der Waals surface area contributed by atoms with Crippen molar-refractivity contribution in [2.24, 2.45) is 0 Å². The molecule has 0 fully saturated rings. The second-order valence-electron chi connectivity index (χ2n) is 7.10. The Labute approximate surface area is 137 Å². The van der Waals surface area contributed by atoms with E-state index in [4.69, 9.17) is 0 Å². The molecule has 0 aliphatic heterocycles. The number of nitrogens with zero attached hydrogens (tertiary/aromatic N) is 1. The first kappa shape index (κ1) is 17.3. The number of carboxylic acid groups (broad SMARTS) is 1. The molecule has 4 heteroatoms. The molecule has 0 spiro atoms. The Morgan fingerprint density at radius 3 is 2.43 bits per heavy atom. The summed E-state index contributed by atoms with van der Waals surface area (Å²) >= 11 is 0. The van der Waals surface area contributed by atoms with Crippen molar-refractivity contribution < 1.29 is 14.7 Å². The summed E-state index contributed by atoms with van der Waals surface area (Å²) in [6.07, 6.45) is 2.80. The third kappa shape index (κ3) is 3.03. The highest BCUT2D eigenvalue weighted by Gasteiger charge is 2.24. The molecule has 1 aromatic heterocycles. The number of benzene rings is 1. The van der Waals surface area contributed by atoms with E-state index in [1.54, 1.807) is 6.07 Å². The van der Waals surface area contributed by atoms with E-state index >= 15 is 0 Å². The summed E-state index contributed by atoms with van der Waals surface area (Å²) in [5, 5.41) is 10.4. The van der Waals surface area contributed by atoms with Crippen LogP contribution >= 0.6 is 0 Å². The zero-order valence-electron chi connectivity index (χ0n) is 14.6. The minimum Gasteiger partial charge on any atom is -0.478 e. The molecule has 1 aromatic carbocycles. The molecule has 1 heterocycles. The minimum atomic E-state index is -0.950. The van der Waals surface area contributed by atoms with Crippen LogP contribution in [0, 0.1) is 6.92 Å². The van der Waals surface area contributed by atoms with Crippen LogP contribution in [-0.2, 0) is 12.0 Å². The first-order valence-corrected chi connectivity index (χ1v) is 8.08. The normalized spacial score (nSPS) is 11.9. The Morgan fingerprint density at radius 2 is 1.96 bits per heavy atom. The number of unbranched alkanes of at least 4 members (excludes halogenated alkanes) is 1. The molecule has 0 saturated carbocycles. The van der Waals surface area contributed by atoms with Crippen LogP contribution in [0.15, 0.2) is 12.1 Å². The minimum absolute atomic E-state index is 0.183. The molecule has 0 bridgehead atoms. The predicted octanol–water partition coefficient (Wildman–Crippen LogP) is 4.56. The van der Waals surface area contributed by atoms with Gasteiger partial charge in [-0.05, 0) is 36.5 Å². The molecular weight excluding hydrogens is 290 g/mol. The average Bonchev–Trinajstić information content (AvgIpc) is 2.74. The van der Waals surface area contributed by atoms with Crippen molar-refractivity contribution in [3.63, 3.8) is 0 Å². The number of aryl methyl sites for hydroxylation is 1. The van der Waals surface area contributed by atoms with E-state index in [0.29, 0.717) is 11.1 Å². The monoisotopic (exact) mass is 315 g/mol. The summed E-state index contributed by atoms with van der Waals surface area (Å²) in [6.45, 7) is 10.8. The molecule has 2 rings (SSSR count). The van der Waals surface area contributed by atoms with Crippen LogP contribution in [-0.4, -0.2) is 21.9 Å². The highest BCUT2D eigenvalue weighted by molar-refractivity contribution is 6.08. The average molecular weight is 315 g/mol. The van der Waals surface area contributed by atoms with Crippen LogP contribution < -0.4 is 0 Å². The summed E-state index contributed by atoms with van der Waals surface area (Å²) in [5.74, 6) is -0.950. The Kier molecular flexibility index (Phi) is 4.64. The van der Waals surface area contributed by atoms with Crippen LogP contribution in [0.1, 0.15) is 72.5 Å². The van der Waals surface area contributed by atoms with E-state index in [9.17, 15) is 14.7 Å². The Hall–Kier alpha value is -2.10. The van der Waals surface area contributed by atoms with Crippen LogP contribution in [0.2, 0.25) is 0 Å². The van der Waals surface area contributed by atoms with Crippen LogP contribution in [0.25, 0.3) is 10.9 Å². The fourth-order valence-corrected chi connectivity index (χ4v) is 2.98. The van der Waals surface area contributed by atoms with E-state index in [2.05, 4.69) is 6.92 Å². The maximum absolute atomic E-state index is 11.8. The van der Waals surface area contributed by atoms with Crippen molar-refractivity contribution in [2.75, 3.05) is 0 Å². The molecule has 4 nitrogen and oxygen atoms in total. The molecular formula is C19H25NO3. The Morgan fingerprint density at radius 1 is 1.30 bits per heavy atom. The maximum atomic E-state index is 11.8. The van der Waals surface area contributed by atoms with E-state index in [1.807, 2.05) is 38.3 Å². The molecule has 0 aliphatic rings. The molecule has 0 amide bonds. The summed E-state index contributed by atoms with van der Waals surface area (Å²) in [6, 6.07) is 3.72. The van der Waals surface area contributed by atoms with Gasteiger partial charge in [0.25, 0.3) is 0 Å². The van der Waals surface area contributed by atoms with Gasteiger partial charge in [-0.25, -0.2) is 4.79 Å². The molecule has 124 valence electrons. The molecule has 23 heavy (non-hydrogen) atoms. The van der Waals surface area contributed by atoms with Crippen molar-refractivity contribution in [2.45, 2.75) is 59.4 Å². The lowest BCUT2D eigenvalue weighted by atomic mass is 9.85. The lowest BCUT2D eigenvalue weighted by Gasteiger charge is -2.20. The van der Waals surface area contributed by atoms with Crippen molar-refractivity contribution in [3.8, 4) is 0 Å². The highest BCUT2D eigenvalue weighted by Crippen LogP contribution is 2.33. The number of rotatable bonds is 5. The molecule has 1 N–H and O–H groups in total. The number of carbonyl (C=O) groups excluding carboxylic acids is 1. The predicted molar refractivity (Wildman–Crippen MR) is 92.6 cm³/mol. The number of aldehydes is 1. The number of aromatic carboxylic acids is 1. The SMILES string of the molecule is CCCCn1c(C)c(C=O)c2cc(C(C)(C)C)cc(C(=O)O)c21. The number of hydrogen-bond donors (Lipinski definition) is 1. The highest BCUT2D eigenvalue weighted by atomic mass is 16.4. The number of fused-ring (bicyclic) bond motifs is 1. The number of carboxylic acids is 1. The van der Waals surface area contributed by atoms with Gasteiger partial charge in [0.1, 0.15) is 0 Å². The first-order chi connectivity index (χ1) is 10.7. The van der Waals surface area contributed by atoms with Gasteiger partial charge in [-0.2, -0.15) is 0 Å². The van der Waals surface area contributed by atoms with Gasteiger partial charge in [0.2, 0.25) is 0 Å². The van der Waals surface area contributed by atoms with Crippen molar-refractivity contribution >= 4 is 23.2 Å². The largest absolute Gasteiger partial charge is 0.478 e. The van der Waals surface area contributed by atoms with Gasteiger partial charge in [0.05, 0.1) is 11.1 Å². The molecule has 0 aliphatic carbocycles. The lowest BCUT2D eigenvalue weighted by molar-refractivity contribution is 0.0698. The van der Waals surface area contributed by atoms with Crippen LogP contribution in [0.4, 0.5) is 0 Å². The molecule has 0 radical (unpaired) electrons. The summed E-state index contributed by atoms with van der Waals surface area (Å²) < 4.78 is 1.98. The van der Waals surface area contributed by atoms with Crippen LogP contribution in [0.3, 0.4) is 0 Å². The maximum Gasteiger partial charge on any atom is 0.337 e. The number of carbonyl (C=O) groups is 2. The van der Waals surface area contributed by atoms with Crippen molar-refractivity contribution in [1.82, 2.24) is 4.57 Å². The van der Waals surface area contributed by atoms with Crippen molar-refractivity contribution in [1.29, 1.82) is 0 Å². The second-order valence-corrected chi connectivity index (χ2v) is 7.10. The van der Waals surface area contributed by atoms with Gasteiger partial charge >= 0.3 is 5.97 Å². The fourth-order valence-electron chi connectivity index (χ4n) is 2.98. The summed E-state index contributed by atoms with van der Waals surface area (Å²) in [7, 11) is 0. The van der Waals surface area contributed by atoms with Gasteiger partial charge in [-0.3, -0.25) is 4.79 Å². The summed E-state index contributed by atoms with van der Waals surface area (Å²) in [4.78, 5) is 23.4. The third-order valence-corrected chi connectivity index (χ3v) is 4.41. The van der Waals surface area contributed by atoms with Crippen LogP contribution in [0.5, 0.6) is 0 Å². The van der Waals surface area contributed by atoms with E-state index in [0.717, 1.165) is 42.3 Å². The fraction of sp³-hybridized carbons (Fsp3) is 0.474. The zero-order chi connectivity index (χ0) is 17.4. The smallest absolute Gasteiger partial charge is 0.337 e. The van der Waals surface area contributed by atoms with Gasteiger partial charge < -0.3 is 9.67 Å². The van der Waals surface area contributed by atoms with E-state index in [1.165, 1.54) is 0 Å². The van der Waals surface area contributed by atoms with E-state index in [-0.39, 0.29) is 11.0 Å². The topological polar surface area (TPSA) is 59.3 Å². The first-order valence-electron chi connectivity index (χ1n) is 8.08. The standard InChI is InChI=1S/C19H25NO3/c1-6-7-8-20-12(2)16(11-21)14-9-13(19(3,4)5)10-15(17(14)20)18(22)23/h9-11H,6-8H2,1-5H3,(H,22,23). The molecule has 0 unspecified atom stereocenters. The second kappa shape index (κ2) is 6.19. The quantitative estimate of drug-likeness (QED) is 0.823. The number of aromatic nitrogens is 1. The number of hydrogen-bond acceptors (Lipinski definition) is 2. The zero-order valence-corrected chi connectivity index (χ0v) is 14.6. The van der Waals surface area contributed by atoms with Crippen molar-refractivity contribution in [3.05, 3.63) is 34.5 Å². The molecule has 0 atom stereocenters. The van der Waals surface area contributed by atoms with Gasteiger partial charge in [-0.1, -0.05) is 34.1 Å².